The number of imide groups is 1. The molecule has 34 heavy (non-hydrogen) atoms. The standard InChI is InChI=1S/C23H12N2O9/c26-19(11-1-4-15(5-2-11)25(33)34)12-3-6-17-18(10-12)21(28)24(20(17)27)16-8-13(22(29)30)7-14(9-16)23(31)32/h1-10H,(H,29,30)(H,31,32). The average molecular weight is 460 g/mol. The van der Waals surface area contributed by atoms with Crippen LogP contribution in [0.1, 0.15) is 57.4 Å². The Bertz CT molecular complexity index is 1410. The van der Waals surface area contributed by atoms with E-state index in [9.17, 15) is 44.3 Å². The molecule has 0 bridgehead atoms. The Morgan fingerprint density at radius 1 is 0.706 bits per heavy atom. The van der Waals surface area contributed by atoms with Gasteiger partial charge in [0.1, 0.15) is 0 Å². The monoisotopic (exact) mass is 460 g/mol. The van der Waals surface area contributed by atoms with Gasteiger partial charge in [-0.1, -0.05) is 6.07 Å². The van der Waals surface area contributed by atoms with Crippen molar-refractivity contribution >= 4 is 40.9 Å². The summed E-state index contributed by atoms with van der Waals surface area (Å²) in [7, 11) is 0. The molecular weight excluding hydrogens is 448 g/mol. The molecule has 0 aromatic heterocycles. The van der Waals surface area contributed by atoms with Gasteiger partial charge < -0.3 is 10.2 Å². The summed E-state index contributed by atoms with van der Waals surface area (Å²) < 4.78 is 0. The molecule has 0 radical (unpaired) electrons. The third-order valence-corrected chi connectivity index (χ3v) is 5.16. The first-order chi connectivity index (χ1) is 16.1. The molecule has 3 aromatic carbocycles. The summed E-state index contributed by atoms with van der Waals surface area (Å²) >= 11 is 0. The minimum absolute atomic E-state index is 0.0427. The van der Waals surface area contributed by atoms with Crippen molar-refractivity contribution in [3.8, 4) is 0 Å². The van der Waals surface area contributed by atoms with E-state index in [-0.39, 0.29) is 33.6 Å². The Morgan fingerprint density at radius 2 is 1.24 bits per heavy atom. The molecule has 0 saturated heterocycles. The Kier molecular flexibility index (Phi) is 5.22. The molecule has 11 nitrogen and oxygen atoms in total. The van der Waals surface area contributed by atoms with Crippen molar-refractivity contribution in [2.45, 2.75) is 0 Å². The molecule has 2 amide bonds. The molecule has 0 aliphatic carbocycles. The topological polar surface area (TPSA) is 172 Å². The van der Waals surface area contributed by atoms with Gasteiger partial charge in [0.2, 0.25) is 0 Å². The van der Waals surface area contributed by atoms with Crippen molar-refractivity contribution < 1.29 is 39.1 Å². The second-order valence-electron chi connectivity index (χ2n) is 7.22. The zero-order valence-electron chi connectivity index (χ0n) is 16.9. The van der Waals surface area contributed by atoms with E-state index in [2.05, 4.69) is 0 Å². The summed E-state index contributed by atoms with van der Waals surface area (Å²) in [6, 6.07) is 11.5. The number of nitro groups is 1. The van der Waals surface area contributed by atoms with Crippen molar-refractivity contribution in [3.63, 3.8) is 0 Å². The molecule has 3 aromatic rings. The van der Waals surface area contributed by atoms with Gasteiger partial charge in [0.05, 0.1) is 32.9 Å². The van der Waals surface area contributed by atoms with Crippen molar-refractivity contribution in [1.29, 1.82) is 0 Å². The van der Waals surface area contributed by atoms with Crippen molar-refractivity contribution in [2.24, 2.45) is 0 Å². The van der Waals surface area contributed by atoms with Crippen molar-refractivity contribution in [2.75, 3.05) is 4.90 Å². The second-order valence-corrected chi connectivity index (χ2v) is 7.22. The molecule has 1 aliphatic heterocycles. The highest BCUT2D eigenvalue weighted by Crippen LogP contribution is 2.31. The highest BCUT2D eigenvalue weighted by atomic mass is 16.6. The van der Waals surface area contributed by atoms with Crippen LogP contribution < -0.4 is 4.90 Å². The first-order valence-corrected chi connectivity index (χ1v) is 9.52. The van der Waals surface area contributed by atoms with Crippen LogP contribution in [0, 0.1) is 10.1 Å². The third kappa shape index (κ3) is 3.66. The Labute approximate surface area is 189 Å². The lowest BCUT2D eigenvalue weighted by Gasteiger charge is -2.15. The van der Waals surface area contributed by atoms with Crippen LogP contribution in [-0.4, -0.2) is 44.7 Å². The molecule has 4 rings (SSSR count). The molecular formula is C23H12N2O9. The number of rotatable bonds is 6. The van der Waals surface area contributed by atoms with Gasteiger partial charge in [-0.25, -0.2) is 14.5 Å². The quantitative estimate of drug-likeness (QED) is 0.243. The van der Waals surface area contributed by atoms with Gasteiger partial charge in [0.15, 0.2) is 5.78 Å². The van der Waals surface area contributed by atoms with Crippen LogP contribution in [0.5, 0.6) is 0 Å². The maximum Gasteiger partial charge on any atom is 0.335 e. The molecule has 0 unspecified atom stereocenters. The van der Waals surface area contributed by atoms with E-state index in [1.807, 2.05) is 0 Å². The van der Waals surface area contributed by atoms with Crippen LogP contribution in [-0.2, 0) is 0 Å². The van der Waals surface area contributed by atoms with Gasteiger partial charge in [-0.3, -0.25) is 24.5 Å². The number of non-ortho nitro benzene ring substituents is 1. The number of carbonyl (C=O) groups is 5. The summed E-state index contributed by atoms with van der Waals surface area (Å²) in [5.74, 6) is -5.11. The highest BCUT2D eigenvalue weighted by molar-refractivity contribution is 6.35. The minimum Gasteiger partial charge on any atom is -0.478 e. The van der Waals surface area contributed by atoms with Gasteiger partial charge in [0.25, 0.3) is 17.5 Å². The van der Waals surface area contributed by atoms with Gasteiger partial charge in [-0.15, -0.1) is 0 Å². The Hall–Kier alpha value is -5.19. The predicted octanol–water partition coefficient (Wildman–Crippen LogP) is 3.02. The molecule has 0 fully saturated rings. The lowest BCUT2D eigenvalue weighted by Crippen LogP contribution is -2.29. The molecule has 0 spiro atoms. The lowest BCUT2D eigenvalue weighted by molar-refractivity contribution is -0.384. The number of hydrogen-bond donors (Lipinski definition) is 2. The Morgan fingerprint density at radius 3 is 1.76 bits per heavy atom. The first kappa shape index (κ1) is 22.0. The zero-order chi connectivity index (χ0) is 24.7. The number of benzene rings is 3. The fraction of sp³-hybridized carbons (Fsp3) is 0. The van der Waals surface area contributed by atoms with Crippen LogP contribution >= 0.6 is 0 Å². The SMILES string of the molecule is O=C(O)c1cc(C(=O)O)cc(N2C(=O)c3ccc(C(=O)c4ccc([N+](=O)[O-])cc4)cc3C2=O)c1. The lowest BCUT2D eigenvalue weighted by atomic mass is 9.99. The van der Waals surface area contributed by atoms with Crippen LogP contribution in [0.15, 0.2) is 60.7 Å². The highest BCUT2D eigenvalue weighted by Gasteiger charge is 2.38. The fourth-order valence-electron chi connectivity index (χ4n) is 3.50. The number of anilines is 1. The van der Waals surface area contributed by atoms with E-state index in [0.717, 1.165) is 30.3 Å². The van der Waals surface area contributed by atoms with Gasteiger partial charge in [-0.05, 0) is 42.5 Å². The van der Waals surface area contributed by atoms with E-state index in [1.165, 1.54) is 30.3 Å². The Balaban J connectivity index is 1.72. The molecule has 2 N–H and O–H groups in total. The van der Waals surface area contributed by atoms with Crippen LogP contribution in [0.3, 0.4) is 0 Å². The van der Waals surface area contributed by atoms with E-state index in [1.54, 1.807) is 0 Å². The predicted molar refractivity (Wildman–Crippen MR) is 114 cm³/mol. The van der Waals surface area contributed by atoms with Crippen LogP contribution in [0.4, 0.5) is 11.4 Å². The number of aromatic carboxylic acids is 2. The van der Waals surface area contributed by atoms with Crippen LogP contribution in [0.25, 0.3) is 0 Å². The summed E-state index contributed by atoms with van der Waals surface area (Å²) in [6.45, 7) is 0. The molecule has 11 heteroatoms. The van der Waals surface area contributed by atoms with Crippen LogP contribution in [0.2, 0.25) is 0 Å². The summed E-state index contributed by atoms with van der Waals surface area (Å²) in [4.78, 5) is 72.3. The van der Waals surface area contributed by atoms with Gasteiger partial charge in [-0.2, -0.15) is 0 Å². The minimum atomic E-state index is -1.45. The smallest absolute Gasteiger partial charge is 0.335 e. The summed E-state index contributed by atoms with van der Waals surface area (Å²) in [5.41, 5.74) is -1.32. The number of carbonyl (C=O) groups excluding carboxylic acids is 3. The van der Waals surface area contributed by atoms with E-state index >= 15 is 0 Å². The molecule has 0 atom stereocenters. The zero-order valence-corrected chi connectivity index (χ0v) is 16.9. The number of nitro benzene ring substituents is 1. The van der Waals surface area contributed by atoms with Crippen molar-refractivity contribution in [1.82, 2.24) is 0 Å². The number of carboxylic acids is 2. The normalized spacial score (nSPS) is 12.4. The second kappa shape index (κ2) is 8.06. The number of ketones is 1. The largest absolute Gasteiger partial charge is 0.478 e. The van der Waals surface area contributed by atoms with E-state index in [0.29, 0.717) is 4.90 Å². The molecule has 168 valence electrons. The first-order valence-electron chi connectivity index (χ1n) is 9.52. The molecule has 1 aliphatic rings. The number of fused-ring (bicyclic) bond motifs is 1. The fourth-order valence-corrected chi connectivity index (χ4v) is 3.50. The van der Waals surface area contributed by atoms with E-state index in [4.69, 9.17) is 0 Å². The third-order valence-electron chi connectivity index (χ3n) is 5.16. The number of hydrogen-bond acceptors (Lipinski definition) is 7. The van der Waals surface area contributed by atoms with Gasteiger partial charge in [0, 0.05) is 23.3 Å². The average Bonchev–Trinajstić information content (AvgIpc) is 3.07. The maximum absolute atomic E-state index is 13.0. The maximum atomic E-state index is 13.0. The molecule has 0 saturated carbocycles. The number of carboxylic acid groups (broad SMARTS) is 2. The number of amides is 2. The number of nitrogens with zero attached hydrogens (tertiary/aromatic N) is 2. The van der Waals surface area contributed by atoms with E-state index < -0.39 is 45.6 Å². The summed E-state index contributed by atoms with van der Waals surface area (Å²) in [5, 5.41) is 29.3. The van der Waals surface area contributed by atoms with Gasteiger partial charge >= 0.3 is 11.9 Å². The van der Waals surface area contributed by atoms with Crippen molar-refractivity contribution in [3.05, 3.63) is 104 Å². The summed E-state index contributed by atoms with van der Waals surface area (Å²) in [6.07, 6.45) is 0. The molecule has 1 heterocycles.